The molecule has 0 aliphatic carbocycles. The predicted molar refractivity (Wildman–Crippen MR) is 67.9 cm³/mol. The summed E-state index contributed by atoms with van der Waals surface area (Å²) in [4.78, 5) is 13.7. The van der Waals surface area contributed by atoms with Gasteiger partial charge in [-0.2, -0.15) is 0 Å². The standard InChI is InChI=1S/C13H15N3O2/c1-9-7-12(15-18-9)8-16(2)13(17)10-3-5-11(14)6-4-10/h3-7H,8,14H2,1-2H3. The van der Waals surface area contributed by atoms with Crippen LogP contribution >= 0.6 is 0 Å². The highest BCUT2D eigenvalue weighted by Gasteiger charge is 2.13. The van der Waals surface area contributed by atoms with E-state index in [0.29, 0.717) is 17.8 Å². The first-order valence-electron chi connectivity index (χ1n) is 5.59. The van der Waals surface area contributed by atoms with E-state index in [0.717, 1.165) is 11.5 Å². The highest BCUT2D eigenvalue weighted by Crippen LogP contribution is 2.10. The van der Waals surface area contributed by atoms with E-state index in [9.17, 15) is 4.79 Å². The summed E-state index contributed by atoms with van der Waals surface area (Å²) in [6.07, 6.45) is 0. The Morgan fingerprint density at radius 2 is 2.06 bits per heavy atom. The minimum absolute atomic E-state index is 0.0735. The normalized spacial score (nSPS) is 10.3. The molecule has 0 unspecified atom stereocenters. The molecule has 18 heavy (non-hydrogen) atoms. The van der Waals surface area contributed by atoms with Gasteiger partial charge in [-0.3, -0.25) is 4.79 Å². The van der Waals surface area contributed by atoms with Crippen molar-refractivity contribution in [2.45, 2.75) is 13.5 Å². The van der Waals surface area contributed by atoms with E-state index in [1.807, 2.05) is 13.0 Å². The number of nitrogens with zero attached hydrogens (tertiary/aromatic N) is 2. The molecule has 1 aromatic carbocycles. The summed E-state index contributed by atoms with van der Waals surface area (Å²) in [6, 6.07) is 8.65. The highest BCUT2D eigenvalue weighted by molar-refractivity contribution is 5.94. The zero-order valence-electron chi connectivity index (χ0n) is 10.4. The molecule has 0 aliphatic rings. The number of carbonyl (C=O) groups excluding carboxylic acids is 1. The van der Waals surface area contributed by atoms with Crippen molar-refractivity contribution in [3.8, 4) is 0 Å². The van der Waals surface area contributed by atoms with Gasteiger partial charge in [0.2, 0.25) is 0 Å². The van der Waals surface area contributed by atoms with Crippen LogP contribution in [0.15, 0.2) is 34.9 Å². The van der Waals surface area contributed by atoms with Crippen LogP contribution in [-0.2, 0) is 6.54 Å². The molecule has 1 amide bonds. The van der Waals surface area contributed by atoms with Crippen molar-refractivity contribution in [1.29, 1.82) is 0 Å². The van der Waals surface area contributed by atoms with Gasteiger partial charge in [-0.25, -0.2) is 0 Å². The van der Waals surface area contributed by atoms with Gasteiger partial charge in [0, 0.05) is 24.4 Å². The number of nitrogen functional groups attached to an aromatic ring is 1. The fourth-order valence-electron chi connectivity index (χ4n) is 1.65. The number of benzene rings is 1. The maximum Gasteiger partial charge on any atom is 0.253 e. The van der Waals surface area contributed by atoms with Crippen molar-refractivity contribution in [3.63, 3.8) is 0 Å². The van der Waals surface area contributed by atoms with Gasteiger partial charge in [-0.05, 0) is 31.2 Å². The van der Waals surface area contributed by atoms with Gasteiger partial charge in [-0.1, -0.05) is 5.16 Å². The average Bonchev–Trinajstić information content (AvgIpc) is 2.75. The molecule has 94 valence electrons. The molecular weight excluding hydrogens is 230 g/mol. The van der Waals surface area contributed by atoms with E-state index in [4.69, 9.17) is 10.3 Å². The molecule has 5 nitrogen and oxygen atoms in total. The molecule has 0 bridgehead atoms. The molecule has 0 aliphatic heterocycles. The largest absolute Gasteiger partial charge is 0.399 e. The van der Waals surface area contributed by atoms with Crippen LogP contribution in [0.2, 0.25) is 0 Å². The van der Waals surface area contributed by atoms with Gasteiger partial charge in [0.05, 0.1) is 6.54 Å². The quantitative estimate of drug-likeness (QED) is 0.837. The minimum Gasteiger partial charge on any atom is -0.399 e. The molecular formula is C13H15N3O2. The lowest BCUT2D eigenvalue weighted by Crippen LogP contribution is -2.26. The molecule has 0 fully saturated rings. The summed E-state index contributed by atoms with van der Waals surface area (Å²) in [5.41, 5.74) is 7.56. The van der Waals surface area contributed by atoms with E-state index in [-0.39, 0.29) is 5.91 Å². The Bertz CT molecular complexity index is 546. The Morgan fingerprint density at radius 1 is 1.39 bits per heavy atom. The fourth-order valence-corrected chi connectivity index (χ4v) is 1.65. The summed E-state index contributed by atoms with van der Waals surface area (Å²) >= 11 is 0. The second kappa shape index (κ2) is 4.91. The highest BCUT2D eigenvalue weighted by atomic mass is 16.5. The second-order valence-electron chi connectivity index (χ2n) is 4.21. The van der Waals surface area contributed by atoms with Crippen molar-refractivity contribution in [2.75, 3.05) is 12.8 Å². The molecule has 1 heterocycles. The van der Waals surface area contributed by atoms with Crippen LogP contribution in [0, 0.1) is 6.92 Å². The van der Waals surface area contributed by atoms with Crippen molar-refractivity contribution in [3.05, 3.63) is 47.3 Å². The first-order chi connectivity index (χ1) is 8.56. The molecule has 2 rings (SSSR count). The maximum atomic E-state index is 12.1. The number of amides is 1. The monoisotopic (exact) mass is 245 g/mol. The van der Waals surface area contributed by atoms with Crippen LogP contribution in [0.25, 0.3) is 0 Å². The van der Waals surface area contributed by atoms with Crippen molar-refractivity contribution in [1.82, 2.24) is 10.1 Å². The summed E-state index contributed by atoms with van der Waals surface area (Å²) in [5, 5.41) is 3.86. The smallest absolute Gasteiger partial charge is 0.253 e. The maximum absolute atomic E-state index is 12.1. The molecule has 5 heteroatoms. The van der Waals surface area contributed by atoms with Crippen molar-refractivity contribution < 1.29 is 9.32 Å². The van der Waals surface area contributed by atoms with Gasteiger partial charge in [-0.15, -0.1) is 0 Å². The Hall–Kier alpha value is -2.30. The topological polar surface area (TPSA) is 72.4 Å². The first kappa shape index (κ1) is 12.2. The van der Waals surface area contributed by atoms with E-state index in [1.165, 1.54) is 0 Å². The van der Waals surface area contributed by atoms with Crippen molar-refractivity contribution in [2.24, 2.45) is 0 Å². The van der Waals surface area contributed by atoms with Crippen LogP contribution in [0.3, 0.4) is 0 Å². The van der Waals surface area contributed by atoms with Crippen LogP contribution < -0.4 is 5.73 Å². The molecule has 0 saturated heterocycles. The van der Waals surface area contributed by atoms with Gasteiger partial charge in [0.25, 0.3) is 5.91 Å². The summed E-state index contributed by atoms with van der Waals surface area (Å²) in [6.45, 7) is 2.23. The predicted octanol–water partition coefficient (Wildman–Crippen LogP) is 1.84. The van der Waals surface area contributed by atoms with Gasteiger partial charge in [0.15, 0.2) is 0 Å². The van der Waals surface area contributed by atoms with Crippen LogP contribution in [0.5, 0.6) is 0 Å². The van der Waals surface area contributed by atoms with Crippen LogP contribution in [0.1, 0.15) is 21.8 Å². The summed E-state index contributed by atoms with van der Waals surface area (Å²) in [5.74, 6) is 0.661. The summed E-state index contributed by atoms with van der Waals surface area (Å²) in [7, 11) is 1.72. The zero-order chi connectivity index (χ0) is 13.1. The number of nitrogens with two attached hydrogens (primary N) is 1. The number of hydrogen-bond donors (Lipinski definition) is 1. The molecule has 0 radical (unpaired) electrons. The Kier molecular flexibility index (Phi) is 3.32. The molecule has 1 aromatic heterocycles. The zero-order valence-corrected chi connectivity index (χ0v) is 10.4. The number of aromatic nitrogens is 1. The first-order valence-corrected chi connectivity index (χ1v) is 5.59. The lowest BCUT2D eigenvalue weighted by molar-refractivity contribution is 0.0782. The Labute approximate surface area is 105 Å². The van der Waals surface area contributed by atoms with Crippen molar-refractivity contribution >= 4 is 11.6 Å². The molecule has 0 spiro atoms. The molecule has 2 aromatic rings. The lowest BCUT2D eigenvalue weighted by atomic mass is 10.2. The van der Waals surface area contributed by atoms with E-state index < -0.39 is 0 Å². The Morgan fingerprint density at radius 3 is 2.61 bits per heavy atom. The molecule has 0 saturated carbocycles. The van der Waals surface area contributed by atoms with E-state index in [1.54, 1.807) is 36.2 Å². The number of aryl methyl sites for hydroxylation is 1. The number of hydrogen-bond acceptors (Lipinski definition) is 4. The van der Waals surface area contributed by atoms with E-state index in [2.05, 4.69) is 5.16 Å². The van der Waals surface area contributed by atoms with Gasteiger partial charge in [0.1, 0.15) is 11.5 Å². The third kappa shape index (κ3) is 2.68. The van der Waals surface area contributed by atoms with Gasteiger partial charge < -0.3 is 15.2 Å². The summed E-state index contributed by atoms with van der Waals surface area (Å²) < 4.78 is 4.96. The number of rotatable bonds is 3. The molecule has 2 N–H and O–H groups in total. The van der Waals surface area contributed by atoms with Crippen LogP contribution in [-0.4, -0.2) is 23.0 Å². The SMILES string of the molecule is Cc1cc(CN(C)C(=O)c2ccc(N)cc2)no1. The number of anilines is 1. The average molecular weight is 245 g/mol. The fraction of sp³-hybridized carbons (Fsp3) is 0.231. The van der Waals surface area contributed by atoms with Gasteiger partial charge >= 0.3 is 0 Å². The lowest BCUT2D eigenvalue weighted by Gasteiger charge is -2.15. The van der Waals surface area contributed by atoms with E-state index >= 15 is 0 Å². The second-order valence-corrected chi connectivity index (χ2v) is 4.21. The molecule has 0 atom stereocenters. The minimum atomic E-state index is -0.0735. The number of carbonyl (C=O) groups is 1. The third-order valence-corrected chi connectivity index (χ3v) is 2.58. The van der Waals surface area contributed by atoms with Crippen LogP contribution in [0.4, 0.5) is 5.69 Å². The third-order valence-electron chi connectivity index (χ3n) is 2.58. The Balaban J connectivity index is 2.07.